The minimum Gasteiger partial charge on any atom is -0.308 e. The Labute approximate surface area is 119 Å². The highest BCUT2D eigenvalue weighted by atomic mass is 32.2. The van der Waals surface area contributed by atoms with Gasteiger partial charge in [0.2, 0.25) is 0 Å². The average molecular weight is 291 g/mol. The maximum Gasteiger partial charge on any atom is 0.283 e. The summed E-state index contributed by atoms with van der Waals surface area (Å²) >= 11 is 1.22. The molecule has 0 radical (unpaired) electrons. The number of para-hydroxylation sites is 1. The molecule has 0 unspecified atom stereocenters. The third kappa shape index (κ3) is 2.86. The molecule has 0 bridgehead atoms. The van der Waals surface area contributed by atoms with Crippen molar-refractivity contribution < 1.29 is 4.92 Å². The number of hydrazine groups is 1. The van der Waals surface area contributed by atoms with Crippen LogP contribution in [-0.2, 0) is 0 Å². The first kappa shape index (κ1) is 14.2. The van der Waals surface area contributed by atoms with Crippen LogP contribution in [0.5, 0.6) is 0 Å². The van der Waals surface area contributed by atoms with Crippen molar-refractivity contribution in [3.05, 3.63) is 45.8 Å². The van der Waals surface area contributed by atoms with Gasteiger partial charge in [-0.2, -0.15) is 0 Å². The molecule has 2 rings (SSSR count). The van der Waals surface area contributed by atoms with Gasteiger partial charge in [-0.15, -0.1) is 0 Å². The summed E-state index contributed by atoms with van der Waals surface area (Å²) in [5.41, 5.74) is 3.30. The summed E-state index contributed by atoms with van der Waals surface area (Å²) in [6.45, 7) is 3.55. The smallest absolute Gasteiger partial charge is 0.283 e. The Morgan fingerprint density at radius 2 is 2.00 bits per heavy atom. The number of hydrogen-bond donors (Lipinski definition) is 2. The third-order valence-corrected chi connectivity index (χ3v) is 3.77. The fraction of sp³-hybridized carbons (Fsp3) is 0.167. The summed E-state index contributed by atoms with van der Waals surface area (Å²) in [5, 5.41) is 11.7. The van der Waals surface area contributed by atoms with E-state index in [2.05, 4.69) is 15.4 Å². The molecule has 104 valence electrons. The number of anilines is 1. The first-order chi connectivity index (χ1) is 9.52. The second kappa shape index (κ2) is 5.85. The number of aryl methyl sites for hydroxylation is 1. The fourth-order valence-corrected chi connectivity index (χ4v) is 2.67. The van der Waals surface area contributed by atoms with E-state index in [0.717, 1.165) is 5.56 Å². The quantitative estimate of drug-likeness (QED) is 0.385. The maximum absolute atomic E-state index is 11.0. The Morgan fingerprint density at radius 1 is 1.30 bits per heavy atom. The van der Waals surface area contributed by atoms with Crippen LogP contribution in [0.4, 0.5) is 11.5 Å². The zero-order valence-corrected chi connectivity index (χ0v) is 11.8. The van der Waals surface area contributed by atoms with Crippen LogP contribution >= 0.6 is 11.8 Å². The summed E-state index contributed by atoms with van der Waals surface area (Å²) in [6, 6.07) is 6.54. The Balaban J connectivity index is 2.45. The molecule has 3 N–H and O–H groups in total. The lowest BCUT2D eigenvalue weighted by Gasteiger charge is -2.10. The molecule has 0 aliphatic heterocycles. The third-order valence-electron chi connectivity index (χ3n) is 2.62. The molecular formula is C12H13N5O2S. The van der Waals surface area contributed by atoms with Crippen LogP contribution in [0, 0.1) is 24.0 Å². The SMILES string of the molecule is Cc1nc(NN)c(C)c(Sc2ccccc2[N+](=O)[O-])n1. The highest BCUT2D eigenvalue weighted by Crippen LogP contribution is 2.36. The van der Waals surface area contributed by atoms with Gasteiger partial charge in [0.15, 0.2) is 0 Å². The van der Waals surface area contributed by atoms with Crippen molar-refractivity contribution in [2.75, 3.05) is 5.43 Å². The number of nitrogens with one attached hydrogen (secondary N) is 1. The molecule has 20 heavy (non-hydrogen) atoms. The van der Waals surface area contributed by atoms with Gasteiger partial charge < -0.3 is 5.43 Å². The van der Waals surface area contributed by atoms with Crippen LogP contribution in [0.1, 0.15) is 11.4 Å². The average Bonchev–Trinajstić information content (AvgIpc) is 2.42. The molecule has 7 nitrogen and oxygen atoms in total. The first-order valence-electron chi connectivity index (χ1n) is 5.76. The molecule has 0 atom stereocenters. The minimum atomic E-state index is -0.409. The van der Waals surface area contributed by atoms with E-state index in [1.807, 2.05) is 6.92 Å². The van der Waals surface area contributed by atoms with Crippen LogP contribution in [0.3, 0.4) is 0 Å². The van der Waals surface area contributed by atoms with Gasteiger partial charge in [0, 0.05) is 11.6 Å². The largest absolute Gasteiger partial charge is 0.308 e. The lowest BCUT2D eigenvalue weighted by Crippen LogP contribution is -2.12. The number of rotatable bonds is 4. The first-order valence-corrected chi connectivity index (χ1v) is 6.57. The van der Waals surface area contributed by atoms with Crippen molar-refractivity contribution in [3.8, 4) is 0 Å². The van der Waals surface area contributed by atoms with E-state index in [-0.39, 0.29) is 5.69 Å². The van der Waals surface area contributed by atoms with Gasteiger partial charge in [-0.3, -0.25) is 10.1 Å². The highest BCUT2D eigenvalue weighted by molar-refractivity contribution is 7.99. The van der Waals surface area contributed by atoms with Crippen LogP contribution in [0.15, 0.2) is 34.2 Å². The Bertz CT molecular complexity index is 662. The van der Waals surface area contributed by atoms with Gasteiger partial charge in [0.25, 0.3) is 5.69 Å². The lowest BCUT2D eigenvalue weighted by molar-refractivity contribution is -0.387. The van der Waals surface area contributed by atoms with Crippen molar-refractivity contribution in [1.29, 1.82) is 0 Å². The Kier molecular flexibility index (Phi) is 4.16. The Hall–Kier alpha value is -2.19. The van der Waals surface area contributed by atoms with E-state index in [9.17, 15) is 10.1 Å². The zero-order chi connectivity index (χ0) is 14.7. The summed E-state index contributed by atoms with van der Waals surface area (Å²) < 4.78 is 0. The maximum atomic E-state index is 11.0. The van der Waals surface area contributed by atoms with E-state index in [0.29, 0.717) is 21.6 Å². The fourth-order valence-electron chi connectivity index (χ4n) is 1.64. The highest BCUT2D eigenvalue weighted by Gasteiger charge is 2.17. The molecule has 0 aliphatic rings. The van der Waals surface area contributed by atoms with E-state index in [1.165, 1.54) is 17.8 Å². The van der Waals surface area contributed by atoms with Gasteiger partial charge in [0.1, 0.15) is 16.7 Å². The number of nitro groups is 1. The van der Waals surface area contributed by atoms with Gasteiger partial charge in [-0.25, -0.2) is 15.8 Å². The number of benzene rings is 1. The lowest BCUT2D eigenvalue weighted by atomic mass is 10.3. The summed E-state index contributed by atoms with van der Waals surface area (Å²) in [7, 11) is 0. The number of nitrogens with zero attached hydrogens (tertiary/aromatic N) is 3. The number of hydrogen-bond acceptors (Lipinski definition) is 7. The van der Waals surface area contributed by atoms with Crippen molar-refractivity contribution in [2.24, 2.45) is 5.84 Å². The standard InChI is InChI=1S/C12H13N5O2S/c1-7-11(16-13)14-8(2)15-12(7)20-10-6-4-3-5-9(10)17(18)19/h3-6H,13H2,1-2H3,(H,14,15,16). The molecule has 0 fully saturated rings. The second-order valence-corrected chi connectivity index (χ2v) is 5.05. The second-order valence-electron chi connectivity index (χ2n) is 4.02. The summed E-state index contributed by atoms with van der Waals surface area (Å²) in [5.74, 6) is 6.46. The molecule has 0 spiro atoms. The zero-order valence-electron chi connectivity index (χ0n) is 11.0. The predicted octanol–water partition coefficient (Wildman–Crippen LogP) is 2.44. The molecule has 0 aliphatic carbocycles. The molecular weight excluding hydrogens is 278 g/mol. The molecule has 1 aromatic heterocycles. The van der Waals surface area contributed by atoms with Crippen LogP contribution < -0.4 is 11.3 Å². The number of nitrogens with two attached hydrogens (primary N) is 1. The molecule has 0 saturated carbocycles. The van der Waals surface area contributed by atoms with Crippen LogP contribution in [0.2, 0.25) is 0 Å². The van der Waals surface area contributed by atoms with Gasteiger partial charge in [-0.1, -0.05) is 23.9 Å². The van der Waals surface area contributed by atoms with Gasteiger partial charge in [0.05, 0.1) is 9.82 Å². The van der Waals surface area contributed by atoms with Gasteiger partial charge >= 0.3 is 0 Å². The van der Waals surface area contributed by atoms with Crippen molar-refractivity contribution >= 4 is 23.3 Å². The normalized spacial score (nSPS) is 10.3. The van der Waals surface area contributed by atoms with Crippen LogP contribution in [0.25, 0.3) is 0 Å². The topological polar surface area (TPSA) is 107 Å². The molecule has 0 saturated heterocycles. The van der Waals surface area contributed by atoms with E-state index >= 15 is 0 Å². The minimum absolute atomic E-state index is 0.0513. The molecule has 2 aromatic rings. The van der Waals surface area contributed by atoms with Gasteiger partial charge in [-0.05, 0) is 19.9 Å². The molecule has 0 amide bonds. The molecule has 8 heteroatoms. The van der Waals surface area contributed by atoms with Crippen molar-refractivity contribution in [3.63, 3.8) is 0 Å². The van der Waals surface area contributed by atoms with Crippen molar-refractivity contribution in [2.45, 2.75) is 23.8 Å². The summed E-state index contributed by atoms with van der Waals surface area (Å²) in [6.07, 6.45) is 0. The van der Waals surface area contributed by atoms with E-state index in [4.69, 9.17) is 5.84 Å². The molecule has 1 heterocycles. The number of nitro benzene ring substituents is 1. The van der Waals surface area contributed by atoms with Crippen LogP contribution in [-0.4, -0.2) is 14.9 Å². The Morgan fingerprint density at radius 3 is 2.65 bits per heavy atom. The summed E-state index contributed by atoms with van der Waals surface area (Å²) in [4.78, 5) is 19.6. The number of nitrogen functional groups attached to an aromatic ring is 1. The molecule has 1 aromatic carbocycles. The van der Waals surface area contributed by atoms with E-state index < -0.39 is 4.92 Å². The predicted molar refractivity (Wildman–Crippen MR) is 76.5 cm³/mol. The monoisotopic (exact) mass is 291 g/mol. The number of aromatic nitrogens is 2. The van der Waals surface area contributed by atoms with E-state index in [1.54, 1.807) is 25.1 Å². The van der Waals surface area contributed by atoms with Crippen molar-refractivity contribution in [1.82, 2.24) is 9.97 Å².